The molecule has 0 radical (unpaired) electrons. The number of hydrogen-bond acceptors (Lipinski definition) is 6. The maximum atomic E-state index is 9.20. The molecule has 2 aromatic heterocycles. The molecule has 6 nitrogen and oxygen atoms in total. The highest BCUT2D eigenvalue weighted by Gasteiger charge is 2.10. The van der Waals surface area contributed by atoms with E-state index in [0.29, 0.717) is 18.1 Å². The highest BCUT2D eigenvalue weighted by molar-refractivity contribution is 5.92. The van der Waals surface area contributed by atoms with Gasteiger partial charge in [0, 0.05) is 11.6 Å². The van der Waals surface area contributed by atoms with Crippen molar-refractivity contribution < 1.29 is 0 Å². The van der Waals surface area contributed by atoms with Crippen LogP contribution in [0.5, 0.6) is 0 Å². The highest BCUT2D eigenvalue weighted by atomic mass is 15.1. The van der Waals surface area contributed by atoms with Crippen LogP contribution in [-0.2, 0) is 6.54 Å². The van der Waals surface area contributed by atoms with Crippen LogP contribution in [0.25, 0.3) is 10.9 Å². The largest absolute Gasteiger partial charge is 0.376 e. The molecule has 0 aliphatic carbocycles. The molecule has 0 fully saturated rings. The first-order valence-electron chi connectivity index (χ1n) is 6.46. The van der Waals surface area contributed by atoms with E-state index in [-0.39, 0.29) is 5.69 Å². The number of nitrogens with one attached hydrogen (secondary N) is 1. The van der Waals surface area contributed by atoms with E-state index in [2.05, 4.69) is 31.6 Å². The first-order valence-corrected chi connectivity index (χ1v) is 6.46. The fraction of sp³-hybridized carbons (Fsp3) is 0.133. The molecule has 2 heterocycles. The third-order valence-electron chi connectivity index (χ3n) is 3.05. The summed E-state index contributed by atoms with van der Waals surface area (Å²) in [6, 6.07) is 11.5. The summed E-state index contributed by atoms with van der Waals surface area (Å²) < 4.78 is 0. The van der Waals surface area contributed by atoms with Gasteiger partial charge >= 0.3 is 0 Å². The molecule has 0 atom stereocenters. The summed E-state index contributed by atoms with van der Waals surface area (Å²) in [5.74, 6) is 0.715. The van der Waals surface area contributed by atoms with Crippen LogP contribution in [0.4, 0.5) is 5.69 Å². The van der Waals surface area contributed by atoms with Gasteiger partial charge in [0.2, 0.25) is 0 Å². The van der Waals surface area contributed by atoms with Crippen LogP contribution in [0.3, 0.4) is 0 Å². The molecule has 0 amide bonds. The maximum Gasteiger partial charge on any atom is 0.186 e. The second kappa shape index (κ2) is 5.51. The number of aromatic nitrogens is 4. The molecule has 3 aromatic rings. The van der Waals surface area contributed by atoms with Crippen LogP contribution >= 0.6 is 0 Å². The topological polar surface area (TPSA) is 87.4 Å². The Hall–Kier alpha value is -3.07. The molecule has 21 heavy (non-hydrogen) atoms. The molecule has 1 aromatic carbocycles. The summed E-state index contributed by atoms with van der Waals surface area (Å²) in [4.78, 5) is 8.40. The van der Waals surface area contributed by atoms with Gasteiger partial charge in [-0.1, -0.05) is 18.2 Å². The van der Waals surface area contributed by atoms with Crippen molar-refractivity contribution in [3.63, 3.8) is 0 Å². The number of benzene rings is 1. The van der Waals surface area contributed by atoms with E-state index >= 15 is 0 Å². The van der Waals surface area contributed by atoms with E-state index in [1.165, 1.54) is 0 Å². The molecule has 102 valence electrons. The molecule has 0 aliphatic rings. The smallest absolute Gasteiger partial charge is 0.186 e. The Morgan fingerprint density at radius 2 is 2.05 bits per heavy atom. The Labute approximate surface area is 121 Å². The van der Waals surface area contributed by atoms with Gasteiger partial charge in [-0.2, -0.15) is 5.26 Å². The molecule has 0 bridgehead atoms. The summed E-state index contributed by atoms with van der Waals surface area (Å²) in [6.07, 6.45) is 1.72. The van der Waals surface area contributed by atoms with Gasteiger partial charge in [0.25, 0.3) is 0 Å². The Morgan fingerprint density at radius 1 is 1.19 bits per heavy atom. The zero-order chi connectivity index (χ0) is 14.7. The van der Waals surface area contributed by atoms with Gasteiger partial charge in [-0.25, -0.2) is 9.97 Å². The summed E-state index contributed by atoms with van der Waals surface area (Å²) in [7, 11) is 0. The fourth-order valence-electron chi connectivity index (χ4n) is 2.09. The summed E-state index contributed by atoms with van der Waals surface area (Å²) >= 11 is 0. The number of hydrogen-bond donors (Lipinski definition) is 1. The summed E-state index contributed by atoms with van der Waals surface area (Å²) in [5.41, 5.74) is 2.56. The first kappa shape index (κ1) is 12.9. The van der Waals surface area contributed by atoms with Crippen LogP contribution in [0, 0.1) is 18.3 Å². The lowest BCUT2D eigenvalue weighted by atomic mass is 10.1. The average Bonchev–Trinajstić information content (AvgIpc) is 2.52. The van der Waals surface area contributed by atoms with Crippen molar-refractivity contribution in [2.75, 3.05) is 5.32 Å². The summed E-state index contributed by atoms with van der Waals surface area (Å²) in [5, 5.41) is 21.3. The van der Waals surface area contributed by atoms with Crippen molar-refractivity contribution in [1.82, 2.24) is 20.2 Å². The Balaban J connectivity index is 1.98. The molecule has 3 rings (SSSR count). The molecule has 0 saturated heterocycles. The lowest BCUT2D eigenvalue weighted by Crippen LogP contribution is -2.06. The lowest BCUT2D eigenvalue weighted by Gasteiger charge is -2.10. The van der Waals surface area contributed by atoms with Gasteiger partial charge in [0.05, 0.1) is 23.4 Å². The van der Waals surface area contributed by atoms with Crippen LogP contribution in [0.1, 0.15) is 17.2 Å². The fourth-order valence-corrected chi connectivity index (χ4v) is 2.09. The quantitative estimate of drug-likeness (QED) is 0.789. The standard InChI is InChI=1S/C15H12N6/c1-10-17-7-6-11(19-10)9-18-15-12-4-2-3-5-13(12)20-21-14(15)8-16/h2-7H,9H2,1H3,(H,18,20). The van der Waals surface area contributed by atoms with Crippen molar-refractivity contribution in [3.8, 4) is 6.07 Å². The van der Waals surface area contributed by atoms with Crippen molar-refractivity contribution in [2.45, 2.75) is 13.5 Å². The number of fused-ring (bicyclic) bond motifs is 1. The van der Waals surface area contributed by atoms with Gasteiger partial charge in [0.1, 0.15) is 11.9 Å². The van der Waals surface area contributed by atoms with Gasteiger partial charge in [-0.05, 0) is 19.1 Å². The van der Waals surface area contributed by atoms with Gasteiger partial charge in [-0.3, -0.25) is 0 Å². The zero-order valence-electron chi connectivity index (χ0n) is 11.4. The number of nitriles is 1. The number of aryl methyl sites for hydroxylation is 1. The molecule has 0 aliphatic heterocycles. The second-order valence-electron chi connectivity index (χ2n) is 4.50. The van der Waals surface area contributed by atoms with E-state index in [1.54, 1.807) is 6.20 Å². The van der Waals surface area contributed by atoms with Gasteiger partial charge < -0.3 is 5.32 Å². The minimum absolute atomic E-state index is 0.277. The van der Waals surface area contributed by atoms with Crippen molar-refractivity contribution >= 4 is 16.6 Å². The van der Waals surface area contributed by atoms with Crippen molar-refractivity contribution in [1.29, 1.82) is 5.26 Å². The average molecular weight is 276 g/mol. The van der Waals surface area contributed by atoms with E-state index in [4.69, 9.17) is 0 Å². The lowest BCUT2D eigenvalue weighted by molar-refractivity contribution is 0.951. The molecule has 0 spiro atoms. The van der Waals surface area contributed by atoms with Crippen LogP contribution in [0.15, 0.2) is 36.5 Å². The predicted molar refractivity (Wildman–Crippen MR) is 78.3 cm³/mol. The minimum atomic E-state index is 0.277. The SMILES string of the molecule is Cc1nccc(CNc2c(C#N)nnc3ccccc23)n1. The zero-order valence-corrected chi connectivity index (χ0v) is 11.4. The van der Waals surface area contributed by atoms with Gasteiger partial charge in [0.15, 0.2) is 5.69 Å². The normalized spacial score (nSPS) is 10.3. The number of anilines is 1. The minimum Gasteiger partial charge on any atom is -0.376 e. The van der Waals surface area contributed by atoms with Crippen LogP contribution in [0.2, 0.25) is 0 Å². The Bertz CT molecular complexity index is 837. The predicted octanol–water partition coefficient (Wildman–Crippen LogP) is 2.21. The monoisotopic (exact) mass is 276 g/mol. The molecule has 6 heteroatoms. The van der Waals surface area contributed by atoms with E-state index in [9.17, 15) is 5.26 Å². The Morgan fingerprint density at radius 3 is 2.86 bits per heavy atom. The molecular weight excluding hydrogens is 264 g/mol. The van der Waals surface area contributed by atoms with E-state index in [1.807, 2.05) is 37.3 Å². The Kier molecular flexibility index (Phi) is 3.39. The highest BCUT2D eigenvalue weighted by Crippen LogP contribution is 2.24. The third kappa shape index (κ3) is 2.62. The molecule has 1 N–H and O–H groups in total. The molecule has 0 unspecified atom stereocenters. The molecular formula is C15H12N6. The van der Waals surface area contributed by atoms with Crippen LogP contribution < -0.4 is 5.32 Å². The van der Waals surface area contributed by atoms with Crippen molar-refractivity contribution in [2.24, 2.45) is 0 Å². The maximum absolute atomic E-state index is 9.20. The first-order chi connectivity index (χ1) is 10.3. The number of rotatable bonds is 3. The summed E-state index contributed by atoms with van der Waals surface area (Å²) in [6.45, 7) is 2.33. The van der Waals surface area contributed by atoms with Crippen molar-refractivity contribution in [3.05, 3.63) is 53.7 Å². The second-order valence-corrected chi connectivity index (χ2v) is 4.50. The van der Waals surface area contributed by atoms with E-state index in [0.717, 1.165) is 16.6 Å². The third-order valence-corrected chi connectivity index (χ3v) is 3.05. The molecule has 0 saturated carbocycles. The number of nitrogens with zero attached hydrogens (tertiary/aromatic N) is 5. The van der Waals surface area contributed by atoms with E-state index < -0.39 is 0 Å². The van der Waals surface area contributed by atoms with Crippen LogP contribution in [-0.4, -0.2) is 20.2 Å². The van der Waals surface area contributed by atoms with Gasteiger partial charge in [-0.15, -0.1) is 10.2 Å².